The van der Waals surface area contributed by atoms with Crippen molar-refractivity contribution in [1.29, 1.82) is 0 Å². The Morgan fingerprint density at radius 2 is 0.820 bits per heavy atom. The molecule has 0 aliphatic rings. The van der Waals surface area contributed by atoms with Gasteiger partial charge in [-0.25, -0.2) is 4.98 Å². The largest absolute Gasteiger partial charge is 0.309 e. The average Bonchev–Trinajstić information content (AvgIpc) is 3.70. The molecule has 50 heavy (non-hydrogen) atoms. The summed E-state index contributed by atoms with van der Waals surface area (Å²) in [6, 6.07) is 63.6. The van der Waals surface area contributed by atoms with E-state index >= 15 is 0 Å². The van der Waals surface area contributed by atoms with E-state index in [0.717, 1.165) is 44.6 Å². The van der Waals surface area contributed by atoms with Gasteiger partial charge in [0.2, 0.25) is 0 Å². The molecule has 8 aromatic carbocycles. The summed E-state index contributed by atoms with van der Waals surface area (Å²) in [5, 5.41) is 11.3. The Morgan fingerprint density at radius 1 is 0.300 bits per heavy atom. The molecule has 11 rings (SSSR count). The van der Waals surface area contributed by atoms with Crippen LogP contribution in [0.4, 0.5) is 0 Å². The fourth-order valence-electron chi connectivity index (χ4n) is 8.29. The van der Waals surface area contributed by atoms with Gasteiger partial charge in [-0.05, 0) is 93.0 Å². The predicted molar refractivity (Wildman–Crippen MR) is 211 cm³/mol. The van der Waals surface area contributed by atoms with Crippen molar-refractivity contribution in [2.45, 2.75) is 0 Å². The molecule has 0 amide bonds. The third-order valence-corrected chi connectivity index (χ3v) is 10.5. The normalized spacial score (nSPS) is 12.0. The van der Waals surface area contributed by atoms with Gasteiger partial charge < -0.3 is 9.13 Å². The van der Waals surface area contributed by atoms with Gasteiger partial charge in [-0.2, -0.15) is 0 Å². The highest BCUT2D eigenvalue weighted by Gasteiger charge is 2.17. The number of rotatable bonds is 3. The van der Waals surface area contributed by atoms with Crippen LogP contribution in [0.2, 0.25) is 0 Å². The molecule has 0 spiro atoms. The van der Waals surface area contributed by atoms with E-state index < -0.39 is 0 Å². The third kappa shape index (κ3) is 3.83. The summed E-state index contributed by atoms with van der Waals surface area (Å²) in [6.07, 6.45) is 0. The van der Waals surface area contributed by atoms with Gasteiger partial charge >= 0.3 is 0 Å². The van der Waals surface area contributed by atoms with Crippen molar-refractivity contribution < 1.29 is 0 Å². The van der Waals surface area contributed by atoms with Crippen LogP contribution in [0.15, 0.2) is 176 Å². The highest BCUT2D eigenvalue weighted by molar-refractivity contribution is 6.25. The topological polar surface area (TPSA) is 22.8 Å². The van der Waals surface area contributed by atoms with Crippen molar-refractivity contribution in [3.63, 3.8) is 0 Å². The smallest absolute Gasteiger partial charge is 0.0970 e. The van der Waals surface area contributed by atoms with E-state index in [1.807, 2.05) is 0 Å². The van der Waals surface area contributed by atoms with Crippen LogP contribution in [0.1, 0.15) is 0 Å². The zero-order valence-corrected chi connectivity index (χ0v) is 27.1. The van der Waals surface area contributed by atoms with Crippen LogP contribution >= 0.6 is 0 Å². The minimum absolute atomic E-state index is 0.969. The molecular weight excluding hydrogens is 607 g/mol. The van der Waals surface area contributed by atoms with Crippen molar-refractivity contribution in [1.82, 2.24) is 14.1 Å². The number of para-hydroxylation sites is 3. The van der Waals surface area contributed by atoms with E-state index in [1.54, 1.807) is 0 Å². The highest BCUT2D eigenvalue weighted by Crippen LogP contribution is 2.40. The van der Waals surface area contributed by atoms with Crippen LogP contribution in [0.3, 0.4) is 0 Å². The van der Waals surface area contributed by atoms with Gasteiger partial charge in [0.25, 0.3) is 0 Å². The Morgan fingerprint density at radius 3 is 1.54 bits per heavy atom. The average molecular weight is 636 g/mol. The van der Waals surface area contributed by atoms with Gasteiger partial charge in [-0.3, -0.25) is 0 Å². The van der Waals surface area contributed by atoms with Crippen LogP contribution in [-0.2, 0) is 0 Å². The van der Waals surface area contributed by atoms with Crippen molar-refractivity contribution in [3.05, 3.63) is 176 Å². The Labute approximate surface area is 287 Å². The van der Waals surface area contributed by atoms with Crippen molar-refractivity contribution >= 4 is 76.1 Å². The van der Waals surface area contributed by atoms with E-state index in [9.17, 15) is 0 Å². The molecule has 11 aromatic rings. The summed E-state index contributed by atoms with van der Waals surface area (Å²) in [4.78, 5) is 5.33. The third-order valence-electron chi connectivity index (χ3n) is 10.5. The molecule has 0 aliphatic heterocycles. The SMILES string of the molecule is c1ccc(-n2c3ccccc3c3nc(-c4ccc5c(c4)c4ccccc4n5-c4ccc5c6ccccc6c6ccccc6c5c4)ccc32)cc1. The summed E-state index contributed by atoms with van der Waals surface area (Å²) >= 11 is 0. The lowest BCUT2D eigenvalue weighted by Gasteiger charge is -2.14. The number of pyridine rings is 1. The number of nitrogens with zero attached hydrogens (tertiary/aromatic N) is 3. The van der Waals surface area contributed by atoms with Crippen LogP contribution in [0, 0.1) is 0 Å². The highest BCUT2D eigenvalue weighted by atomic mass is 15.0. The fraction of sp³-hybridized carbons (Fsp3) is 0. The quantitative estimate of drug-likeness (QED) is 0.177. The maximum Gasteiger partial charge on any atom is 0.0970 e. The van der Waals surface area contributed by atoms with Crippen molar-refractivity contribution in [2.24, 2.45) is 0 Å². The lowest BCUT2D eigenvalue weighted by molar-refractivity contribution is 1.18. The first-order valence-electron chi connectivity index (χ1n) is 17.1. The number of benzene rings is 8. The Balaban J connectivity index is 1.12. The van der Waals surface area contributed by atoms with Crippen molar-refractivity contribution in [2.75, 3.05) is 0 Å². The molecule has 232 valence electrons. The summed E-state index contributed by atoms with van der Waals surface area (Å²) in [7, 11) is 0. The second-order valence-electron chi connectivity index (χ2n) is 13.2. The maximum absolute atomic E-state index is 5.33. The second kappa shape index (κ2) is 10.4. The number of hydrogen-bond donors (Lipinski definition) is 0. The van der Waals surface area contributed by atoms with Crippen LogP contribution in [-0.4, -0.2) is 14.1 Å². The molecule has 0 radical (unpaired) electrons. The first kappa shape index (κ1) is 27.3. The molecule has 3 nitrogen and oxygen atoms in total. The second-order valence-corrected chi connectivity index (χ2v) is 13.2. The van der Waals surface area contributed by atoms with Crippen molar-refractivity contribution in [3.8, 4) is 22.6 Å². The minimum Gasteiger partial charge on any atom is -0.309 e. The molecule has 3 heterocycles. The van der Waals surface area contributed by atoms with Gasteiger partial charge in [0.1, 0.15) is 0 Å². The van der Waals surface area contributed by atoms with E-state index in [0.29, 0.717) is 0 Å². The van der Waals surface area contributed by atoms with Gasteiger partial charge in [0, 0.05) is 33.1 Å². The number of hydrogen-bond acceptors (Lipinski definition) is 1. The van der Waals surface area contributed by atoms with Gasteiger partial charge in [0.15, 0.2) is 0 Å². The molecule has 0 atom stereocenters. The lowest BCUT2D eigenvalue weighted by Crippen LogP contribution is -1.95. The van der Waals surface area contributed by atoms with E-state index in [1.165, 1.54) is 54.1 Å². The lowest BCUT2D eigenvalue weighted by atomic mass is 9.94. The Hall–Kier alpha value is -6.71. The predicted octanol–water partition coefficient (Wildman–Crippen LogP) is 12.4. The minimum atomic E-state index is 0.969. The zero-order valence-electron chi connectivity index (χ0n) is 27.1. The van der Waals surface area contributed by atoms with Gasteiger partial charge in [0.05, 0.1) is 33.3 Å². The molecule has 3 aromatic heterocycles. The summed E-state index contributed by atoms with van der Waals surface area (Å²) in [5.74, 6) is 0. The Bertz CT molecular complexity index is 3110. The standard InChI is InChI=1S/C47H29N3/c1-2-12-31(13-3-1)49-44-21-11-9-19-39(44)47-46(49)27-25-42(48-47)30-22-26-45-41(28-30)38-18-8-10-20-43(38)50(45)32-23-24-37-35-16-5-4-14-33(35)34-15-6-7-17-36(34)40(37)29-32/h1-29H. The fourth-order valence-corrected chi connectivity index (χ4v) is 8.29. The summed E-state index contributed by atoms with van der Waals surface area (Å²) < 4.78 is 4.73. The number of fused-ring (bicyclic) bond motifs is 12. The molecule has 0 bridgehead atoms. The molecule has 3 heteroatoms. The monoisotopic (exact) mass is 635 g/mol. The molecule has 0 aliphatic carbocycles. The van der Waals surface area contributed by atoms with Crippen LogP contribution in [0.5, 0.6) is 0 Å². The van der Waals surface area contributed by atoms with Gasteiger partial charge in [-0.1, -0.05) is 115 Å². The molecule has 0 saturated carbocycles. The van der Waals surface area contributed by atoms with Crippen LogP contribution < -0.4 is 0 Å². The Kier molecular flexibility index (Phi) is 5.67. The molecular formula is C47H29N3. The van der Waals surface area contributed by atoms with E-state index in [2.05, 4.69) is 185 Å². The molecule has 0 saturated heterocycles. The van der Waals surface area contributed by atoms with E-state index in [4.69, 9.17) is 4.98 Å². The van der Waals surface area contributed by atoms with Gasteiger partial charge in [-0.15, -0.1) is 0 Å². The summed E-state index contributed by atoms with van der Waals surface area (Å²) in [6.45, 7) is 0. The van der Waals surface area contributed by atoms with Crippen LogP contribution in [0.25, 0.3) is 98.7 Å². The number of aromatic nitrogens is 3. The first-order chi connectivity index (χ1) is 24.8. The zero-order chi connectivity index (χ0) is 32.8. The first-order valence-corrected chi connectivity index (χ1v) is 17.1. The van der Waals surface area contributed by atoms with E-state index in [-0.39, 0.29) is 0 Å². The maximum atomic E-state index is 5.33. The molecule has 0 N–H and O–H groups in total. The molecule has 0 unspecified atom stereocenters. The molecule has 0 fully saturated rings. The summed E-state index contributed by atoms with van der Waals surface area (Å²) in [5.41, 5.74) is 10.0.